The zero-order valence-electron chi connectivity index (χ0n) is 6.03. The molecule has 1 fully saturated rings. The summed E-state index contributed by atoms with van der Waals surface area (Å²) in [5, 5.41) is -0.0737. The third-order valence-corrected chi connectivity index (χ3v) is 3.01. The predicted molar refractivity (Wildman–Crippen MR) is 43.8 cm³/mol. The van der Waals surface area contributed by atoms with Crippen LogP contribution < -0.4 is 4.72 Å². The molecule has 11 heavy (non-hydrogen) atoms. The van der Waals surface area contributed by atoms with Crippen molar-refractivity contribution in [2.24, 2.45) is 0 Å². The van der Waals surface area contributed by atoms with Gasteiger partial charge in [-0.15, -0.1) is 0 Å². The van der Waals surface area contributed by atoms with Crippen LogP contribution in [0.4, 0.5) is 0 Å². The monoisotopic (exact) mass is 195 g/mol. The van der Waals surface area contributed by atoms with Crippen LogP contribution in [-0.4, -0.2) is 31.6 Å². The number of hydrogen-bond donors (Lipinski definition) is 1. The molecule has 0 aromatic heterocycles. The van der Waals surface area contributed by atoms with Gasteiger partial charge in [-0.25, -0.2) is 13.1 Å². The number of thioether (sulfide) groups is 1. The molecule has 0 aromatic carbocycles. The van der Waals surface area contributed by atoms with Crippen molar-refractivity contribution in [1.82, 2.24) is 4.72 Å². The second kappa shape index (κ2) is 3.12. The van der Waals surface area contributed by atoms with Crippen LogP contribution in [0.5, 0.6) is 0 Å². The van der Waals surface area contributed by atoms with Crippen LogP contribution in [-0.2, 0) is 14.8 Å². The van der Waals surface area contributed by atoms with Crippen molar-refractivity contribution in [2.45, 2.75) is 12.5 Å². The van der Waals surface area contributed by atoms with Crippen molar-refractivity contribution < 1.29 is 13.2 Å². The van der Waals surface area contributed by atoms with E-state index in [0.717, 1.165) is 6.26 Å². The van der Waals surface area contributed by atoms with Crippen molar-refractivity contribution in [2.75, 3.05) is 12.0 Å². The van der Waals surface area contributed by atoms with Crippen molar-refractivity contribution in [1.29, 1.82) is 0 Å². The standard InChI is InChI=1S/C5H9NO3S2/c1-11(8,9)6-4-2-3-10-5(4)7/h4,6H,2-3H2,1H3. The Labute approximate surface area is 69.8 Å². The highest BCUT2D eigenvalue weighted by Crippen LogP contribution is 2.19. The van der Waals surface area contributed by atoms with E-state index in [9.17, 15) is 13.2 Å². The Balaban J connectivity index is 2.57. The van der Waals surface area contributed by atoms with Gasteiger partial charge in [-0.3, -0.25) is 4.79 Å². The Bertz CT molecular complexity index is 259. The normalized spacial score (nSPS) is 25.9. The minimum absolute atomic E-state index is 0.0737. The summed E-state index contributed by atoms with van der Waals surface area (Å²) in [6.45, 7) is 0. The van der Waals surface area contributed by atoms with Crippen LogP contribution in [0.15, 0.2) is 0 Å². The Morgan fingerprint density at radius 1 is 1.64 bits per heavy atom. The first-order valence-electron chi connectivity index (χ1n) is 3.13. The van der Waals surface area contributed by atoms with Gasteiger partial charge in [0.15, 0.2) is 0 Å². The number of rotatable bonds is 2. The molecule has 0 spiro atoms. The van der Waals surface area contributed by atoms with E-state index in [4.69, 9.17) is 0 Å². The minimum atomic E-state index is -3.22. The smallest absolute Gasteiger partial charge is 0.209 e. The molecule has 1 aliphatic heterocycles. The lowest BCUT2D eigenvalue weighted by atomic mass is 10.3. The molecule has 0 amide bonds. The fraction of sp³-hybridized carbons (Fsp3) is 0.800. The number of sulfonamides is 1. The molecule has 64 valence electrons. The van der Waals surface area contributed by atoms with Crippen molar-refractivity contribution >= 4 is 26.9 Å². The van der Waals surface area contributed by atoms with E-state index in [-0.39, 0.29) is 5.12 Å². The summed E-state index contributed by atoms with van der Waals surface area (Å²) < 4.78 is 23.6. The van der Waals surface area contributed by atoms with Gasteiger partial charge in [-0.05, 0) is 6.42 Å². The molecule has 1 rings (SSSR count). The maximum Gasteiger partial charge on any atom is 0.209 e. The molecule has 1 atom stereocenters. The summed E-state index contributed by atoms with van der Waals surface area (Å²) in [5.41, 5.74) is 0. The van der Waals surface area contributed by atoms with Crippen LogP contribution in [0, 0.1) is 0 Å². The molecule has 4 nitrogen and oxygen atoms in total. The van der Waals surface area contributed by atoms with E-state index < -0.39 is 16.1 Å². The van der Waals surface area contributed by atoms with Crippen LogP contribution in [0.3, 0.4) is 0 Å². The molecule has 0 aromatic rings. The van der Waals surface area contributed by atoms with E-state index >= 15 is 0 Å². The zero-order chi connectivity index (χ0) is 8.48. The molecule has 6 heteroatoms. The molecule has 0 bridgehead atoms. The average Bonchev–Trinajstić information content (AvgIpc) is 2.12. The minimum Gasteiger partial charge on any atom is -0.285 e. The average molecular weight is 195 g/mol. The summed E-state index contributed by atoms with van der Waals surface area (Å²) >= 11 is 1.18. The third kappa shape index (κ3) is 2.80. The van der Waals surface area contributed by atoms with Crippen molar-refractivity contribution in [3.63, 3.8) is 0 Å². The number of carbonyl (C=O) groups is 1. The Morgan fingerprint density at radius 3 is 2.64 bits per heavy atom. The van der Waals surface area contributed by atoms with Gasteiger partial charge < -0.3 is 0 Å². The van der Waals surface area contributed by atoms with E-state index in [1.54, 1.807) is 0 Å². The van der Waals surface area contributed by atoms with Crippen molar-refractivity contribution in [3.8, 4) is 0 Å². The van der Waals surface area contributed by atoms with Gasteiger partial charge in [-0.1, -0.05) is 11.8 Å². The zero-order valence-corrected chi connectivity index (χ0v) is 7.67. The fourth-order valence-corrected chi connectivity index (χ4v) is 2.61. The summed E-state index contributed by atoms with van der Waals surface area (Å²) in [7, 11) is -3.22. The van der Waals surface area contributed by atoms with Crippen LogP contribution in [0.2, 0.25) is 0 Å². The van der Waals surface area contributed by atoms with Crippen LogP contribution >= 0.6 is 11.8 Å². The van der Waals surface area contributed by atoms with Gasteiger partial charge in [0.25, 0.3) is 0 Å². The quantitative estimate of drug-likeness (QED) is 0.649. The van der Waals surface area contributed by atoms with Gasteiger partial charge in [0.1, 0.15) is 0 Å². The molecule has 1 aliphatic rings. The highest BCUT2D eigenvalue weighted by atomic mass is 32.2. The molecular weight excluding hydrogens is 186 g/mol. The Morgan fingerprint density at radius 2 is 2.27 bits per heavy atom. The molecule has 0 radical (unpaired) electrons. The maximum atomic E-state index is 10.9. The number of carbonyl (C=O) groups excluding carboxylic acids is 1. The van der Waals surface area contributed by atoms with Gasteiger partial charge in [-0.2, -0.15) is 0 Å². The van der Waals surface area contributed by atoms with E-state index in [1.165, 1.54) is 11.8 Å². The summed E-state index contributed by atoms with van der Waals surface area (Å²) in [5.74, 6) is 0.714. The molecule has 0 saturated carbocycles. The second-order valence-corrected chi connectivity index (χ2v) is 5.28. The molecule has 0 aliphatic carbocycles. The third-order valence-electron chi connectivity index (χ3n) is 1.29. The maximum absolute atomic E-state index is 10.9. The molecule has 1 unspecified atom stereocenters. The molecular formula is C5H9NO3S2. The predicted octanol–water partition coefficient (Wildman–Crippen LogP) is -0.432. The van der Waals surface area contributed by atoms with Gasteiger partial charge in [0, 0.05) is 5.75 Å². The fourth-order valence-electron chi connectivity index (χ4n) is 0.861. The molecule has 1 N–H and O–H groups in total. The van der Waals surface area contributed by atoms with E-state index in [0.29, 0.717) is 12.2 Å². The Kier molecular flexibility index (Phi) is 2.56. The van der Waals surface area contributed by atoms with Crippen LogP contribution in [0.25, 0.3) is 0 Å². The Hall–Kier alpha value is -0.0700. The van der Waals surface area contributed by atoms with Crippen LogP contribution in [0.1, 0.15) is 6.42 Å². The highest BCUT2D eigenvalue weighted by molar-refractivity contribution is 8.14. The van der Waals surface area contributed by atoms with Gasteiger partial charge in [0.2, 0.25) is 15.1 Å². The summed E-state index contributed by atoms with van der Waals surface area (Å²) in [4.78, 5) is 10.9. The lowest BCUT2D eigenvalue weighted by molar-refractivity contribution is -0.111. The second-order valence-electron chi connectivity index (χ2n) is 2.40. The van der Waals surface area contributed by atoms with Crippen molar-refractivity contribution in [3.05, 3.63) is 0 Å². The first kappa shape index (κ1) is 9.02. The lowest BCUT2D eigenvalue weighted by Crippen LogP contribution is -2.36. The molecule has 1 heterocycles. The lowest BCUT2D eigenvalue weighted by Gasteiger charge is -2.05. The topological polar surface area (TPSA) is 63.2 Å². The molecule has 1 saturated heterocycles. The summed E-state index contributed by atoms with van der Waals surface area (Å²) in [6, 6.07) is -0.491. The van der Waals surface area contributed by atoms with Gasteiger partial charge >= 0.3 is 0 Å². The summed E-state index contributed by atoms with van der Waals surface area (Å²) in [6.07, 6.45) is 1.67. The number of hydrogen-bond acceptors (Lipinski definition) is 4. The SMILES string of the molecule is CS(=O)(=O)NC1CCSC1=O. The largest absolute Gasteiger partial charge is 0.285 e. The van der Waals surface area contributed by atoms with E-state index in [2.05, 4.69) is 4.72 Å². The first-order chi connectivity index (χ1) is 4.99. The van der Waals surface area contributed by atoms with Gasteiger partial charge in [0.05, 0.1) is 12.3 Å². The highest BCUT2D eigenvalue weighted by Gasteiger charge is 2.27. The van der Waals surface area contributed by atoms with E-state index in [1.807, 2.05) is 0 Å². The first-order valence-corrected chi connectivity index (χ1v) is 6.01. The number of nitrogens with one attached hydrogen (secondary N) is 1.